The van der Waals surface area contributed by atoms with Crippen LogP contribution in [0, 0.1) is 0 Å². The van der Waals surface area contributed by atoms with Crippen LogP contribution >= 0.6 is 0 Å². The quantitative estimate of drug-likeness (QED) is 0.690. The number of aryl methyl sites for hydroxylation is 1. The van der Waals surface area contributed by atoms with Crippen molar-refractivity contribution in [2.75, 3.05) is 32.5 Å². The molecule has 9 heteroatoms. The summed E-state index contributed by atoms with van der Waals surface area (Å²) >= 11 is 0. The van der Waals surface area contributed by atoms with Crippen LogP contribution in [0.2, 0.25) is 0 Å². The Morgan fingerprint density at radius 3 is 2.52 bits per heavy atom. The number of fused-ring (bicyclic) bond motifs is 1. The van der Waals surface area contributed by atoms with Crippen molar-refractivity contribution in [3.63, 3.8) is 0 Å². The van der Waals surface area contributed by atoms with Gasteiger partial charge in [0, 0.05) is 20.6 Å². The van der Waals surface area contributed by atoms with Gasteiger partial charge in [0.2, 0.25) is 5.95 Å². The lowest BCUT2D eigenvalue weighted by atomic mass is 10.4. The number of rotatable bonds is 5. The van der Waals surface area contributed by atoms with Gasteiger partial charge in [0.05, 0.1) is 0 Å². The smallest absolute Gasteiger partial charge is 0.332 e. The average Bonchev–Trinajstić information content (AvgIpc) is 2.47. The van der Waals surface area contributed by atoms with Crippen LogP contribution < -0.4 is 16.6 Å². The molecule has 0 aliphatic carbocycles. The van der Waals surface area contributed by atoms with Crippen molar-refractivity contribution >= 4 is 17.1 Å². The minimum atomic E-state index is -0.473. The third-order valence-corrected chi connectivity index (χ3v) is 3.13. The first-order valence-electron chi connectivity index (χ1n) is 6.61. The third kappa shape index (κ3) is 3.07. The van der Waals surface area contributed by atoms with E-state index in [4.69, 9.17) is 0 Å². The Kier molecular flexibility index (Phi) is 4.32. The maximum atomic E-state index is 12.1. The third-order valence-electron chi connectivity index (χ3n) is 3.13. The monoisotopic (exact) mass is 293 g/mol. The predicted molar refractivity (Wildman–Crippen MR) is 79.5 cm³/mol. The Hall–Kier alpha value is -2.29. The first-order valence-corrected chi connectivity index (χ1v) is 6.61. The standard InChI is InChI=1S/C12H19N7O2/c1-17(2)7-5-6-13-11-14-8-9(15-16-11)18(3)12(21)19(4)10(8)20/h5-7H2,1-4H3,(H,13,14,16). The molecule has 2 rings (SSSR count). The molecule has 0 amide bonds. The van der Waals surface area contributed by atoms with E-state index in [1.165, 1.54) is 18.7 Å². The van der Waals surface area contributed by atoms with Gasteiger partial charge >= 0.3 is 5.69 Å². The first kappa shape index (κ1) is 15.1. The second-order valence-corrected chi connectivity index (χ2v) is 5.10. The second kappa shape index (κ2) is 6.00. The van der Waals surface area contributed by atoms with Crippen molar-refractivity contribution in [1.82, 2.24) is 29.2 Å². The molecule has 0 atom stereocenters. The van der Waals surface area contributed by atoms with Gasteiger partial charge in [-0.25, -0.2) is 9.78 Å². The summed E-state index contributed by atoms with van der Waals surface area (Å²) in [5.74, 6) is 0.289. The zero-order valence-corrected chi connectivity index (χ0v) is 12.6. The van der Waals surface area contributed by atoms with Crippen LogP contribution in [0.4, 0.5) is 5.95 Å². The molecule has 114 valence electrons. The van der Waals surface area contributed by atoms with Gasteiger partial charge in [-0.3, -0.25) is 13.9 Å². The van der Waals surface area contributed by atoms with E-state index in [9.17, 15) is 9.59 Å². The maximum Gasteiger partial charge on any atom is 0.332 e. The lowest BCUT2D eigenvalue weighted by molar-refractivity contribution is 0.405. The summed E-state index contributed by atoms with van der Waals surface area (Å²) in [6.45, 7) is 1.61. The van der Waals surface area contributed by atoms with Crippen molar-refractivity contribution in [1.29, 1.82) is 0 Å². The highest BCUT2D eigenvalue weighted by molar-refractivity contribution is 5.69. The van der Waals surface area contributed by atoms with Crippen LogP contribution in [0.1, 0.15) is 6.42 Å². The highest BCUT2D eigenvalue weighted by Crippen LogP contribution is 2.03. The lowest BCUT2D eigenvalue weighted by Crippen LogP contribution is -2.38. The minimum Gasteiger partial charge on any atom is -0.353 e. The second-order valence-electron chi connectivity index (χ2n) is 5.10. The number of aromatic nitrogens is 5. The van der Waals surface area contributed by atoms with Crippen LogP contribution in [-0.2, 0) is 14.1 Å². The van der Waals surface area contributed by atoms with Crippen molar-refractivity contribution < 1.29 is 0 Å². The fourth-order valence-corrected chi connectivity index (χ4v) is 1.92. The molecule has 0 spiro atoms. The molecule has 2 heterocycles. The first-order chi connectivity index (χ1) is 9.91. The molecule has 0 unspecified atom stereocenters. The molecular weight excluding hydrogens is 274 g/mol. The van der Waals surface area contributed by atoms with E-state index in [0.717, 1.165) is 17.5 Å². The van der Waals surface area contributed by atoms with E-state index >= 15 is 0 Å². The summed E-state index contributed by atoms with van der Waals surface area (Å²) in [5, 5.41) is 10.9. The molecule has 0 saturated carbocycles. The molecule has 0 bridgehead atoms. The average molecular weight is 293 g/mol. The van der Waals surface area contributed by atoms with Crippen LogP contribution in [-0.4, -0.2) is 56.4 Å². The Morgan fingerprint density at radius 2 is 1.86 bits per heavy atom. The van der Waals surface area contributed by atoms with Crippen LogP contribution in [0.5, 0.6) is 0 Å². The van der Waals surface area contributed by atoms with E-state index in [1.54, 1.807) is 0 Å². The van der Waals surface area contributed by atoms with E-state index < -0.39 is 11.2 Å². The number of hydrogen-bond donors (Lipinski definition) is 1. The molecule has 0 aromatic carbocycles. The summed E-state index contributed by atoms with van der Waals surface area (Å²) in [6, 6.07) is 0. The zero-order valence-electron chi connectivity index (χ0n) is 12.6. The Bertz CT molecular complexity index is 763. The lowest BCUT2D eigenvalue weighted by Gasteiger charge is -2.10. The fraction of sp³-hybridized carbons (Fsp3) is 0.583. The summed E-state index contributed by atoms with van der Waals surface area (Å²) in [5.41, 5.74) is -0.610. The molecule has 9 nitrogen and oxygen atoms in total. The normalized spacial score (nSPS) is 11.3. The van der Waals surface area contributed by atoms with Crippen molar-refractivity contribution in [3.8, 4) is 0 Å². The van der Waals surface area contributed by atoms with Gasteiger partial charge < -0.3 is 10.2 Å². The fourth-order valence-electron chi connectivity index (χ4n) is 1.92. The van der Waals surface area contributed by atoms with Gasteiger partial charge in [0.25, 0.3) is 5.56 Å². The summed E-state index contributed by atoms with van der Waals surface area (Å²) < 4.78 is 2.26. The van der Waals surface area contributed by atoms with Crippen LogP contribution in [0.25, 0.3) is 11.2 Å². The Morgan fingerprint density at radius 1 is 1.14 bits per heavy atom. The summed E-state index contributed by atoms with van der Waals surface area (Å²) in [4.78, 5) is 30.1. The molecule has 21 heavy (non-hydrogen) atoms. The largest absolute Gasteiger partial charge is 0.353 e. The van der Waals surface area contributed by atoms with E-state index in [1.807, 2.05) is 14.1 Å². The summed E-state index contributed by atoms with van der Waals surface area (Å²) in [7, 11) is 6.94. The molecule has 1 N–H and O–H groups in total. The number of nitrogens with one attached hydrogen (secondary N) is 1. The van der Waals surface area contributed by atoms with Gasteiger partial charge in [-0.15, -0.1) is 10.2 Å². The van der Waals surface area contributed by atoms with Gasteiger partial charge in [0.15, 0.2) is 11.2 Å². The van der Waals surface area contributed by atoms with Crippen molar-refractivity contribution in [2.45, 2.75) is 6.42 Å². The SMILES string of the molecule is CN(C)CCCNc1nnc2c(n1)c(=O)n(C)c(=O)n2C. The van der Waals surface area contributed by atoms with E-state index in [2.05, 4.69) is 25.4 Å². The highest BCUT2D eigenvalue weighted by Gasteiger charge is 2.12. The van der Waals surface area contributed by atoms with E-state index in [-0.39, 0.29) is 17.1 Å². The molecular formula is C12H19N7O2. The molecule has 0 saturated heterocycles. The minimum absolute atomic E-state index is 0.129. The zero-order chi connectivity index (χ0) is 15.6. The van der Waals surface area contributed by atoms with Gasteiger partial charge in [-0.1, -0.05) is 0 Å². The molecule has 0 aliphatic rings. The number of nitrogens with zero attached hydrogens (tertiary/aromatic N) is 6. The van der Waals surface area contributed by atoms with Crippen LogP contribution in [0.3, 0.4) is 0 Å². The van der Waals surface area contributed by atoms with Gasteiger partial charge in [-0.05, 0) is 27.1 Å². The Labute approximate surface area is 121 Å². The Balaban J connectivity index is 2.30. The molecule has 0 fully saturated rings. The van der Waals surface area contributed by atoms with Gasteiger partial charge in [0.1, 0.15) is 0 Å². The molecule has 2 aromatic heterocycles. The van der Waals surface area contributed by atoms with Crippen molar-refractivity contribution in [3.05, 3.63) is 20.8 Å². The molecule has 0 radical (unpaired) electrons. The van der Waals surface area contributed by atoms with Crippen LogP contribution in [0.15, 0.2) is 9.59 Å². The number of hydrogen-bond acceptors (Lipinski definition) is 7. The summed E-state index contributed by atoms with van der Waals surface area (Å²) in [6.07, 6.45) is 0.916. The maximum absolute atomic E-state index is 12.1. The number of anilines is 1. The molecule has 2 aromatic rings. The van der Waals surface area contributed by atoms with Gasteiger partial charge in [-0.2, -0.15) is 0 Å². The van der Waals surface area contributed by atoms with Crippen molar-refractivity contribution in [2.24, 2.45) is 14.1 Å². The molecule has 0 aliphatic heterocycles. The predicted octanol–water partition coefficient (Wildman–Crippen LogP) is -1.21. The van der Waals surface area contributed by atoms with E-state index in [0.29, 0.717) is 6.54 Å². The highest BCUT2D eigenvalue weighted by atomic mass is 16.2. The topological polar surface area (TPSA) is 97.9 Å².